The Morgan fingerprint density at radius 1 is 1.24 bits per heavy atom. The average Bonchev–Trinajstić information content (AvgIpc) is 2.45. The number of ether oxygens (including phenoxy) is 1. The first-order chi connectivity index (χ1) is 9.85. The molecule has 1 saturated heterocycles. The van der Waals surface area contributed by atoms with Gasteiger partial charge in [-0.3, -0.25) is 9.59 Å². The summed E-state index contributed by atoms with van der Waals surface area (Å²) in [6.45, 7) is 5.76. The lowest BCUT2D eigenvalue weighted by Crippen LogP contribution is -2.67. The molecule has 5 nitrogen and oxygen atoms in total. The molecule has 0 radical (unpaired) electrons. The van der Waals surface area contributed by atoms with Crippen LogP contribution in [-0.4, -0.2) is 41.9 Å². The Hall–Kier alpha value is -2.04. The number of methoxy groups -OCH3 is 1. The van der Waals surface area contributed by atoms with Gasteiger partial charge in [-0.25, -0.2) is 0 Å². The third-order valence-corrected chi connectivity index (χ3v) is 3.88. The zero-order chi connectivity index (χ0) is 15.6. The number of rotatable bonds is 4. The molecule has 1 heterocycles. The summed E-state index contributed by atoms with van der Waals surface area (Å²) in [5, 5.41) is 2.75. The first-order valence-corrected chi connectivity index (χ1v) is 7.11. The lowest BCUT2D eigenvalue weighted by Gasteiger charge is -2.41. The van der Waals surface area contributed by atoms with Crippen molar-refractivity contribution in [3.05, 3.63) is 29.8 Å². The van der Waals surface area contributed by atoms with Gasteiger partial charge in [0.2, 0.25) is 11.8 Å². The van der Waals surface area contributed by atoms with E-state index in [-0.39, 0.29) is 11.8 Å². The molecule has 0 aromatic heterocycles. The van der Waals surface area contributed by atoms with Crippen LogP contribution in [0.15, 0.2) is 24.3 Å². The molecule has 1 aromatic carbocycles. The fraction of sp³-hybridized carbons (Fsp3) is 0.500. The van der Waals surface area contributed by atoms with Crippen molar-refractivity contribution in [3.8, 4) is 5.75 Å². The van der Waals surface area contributed by atoms with Crippen molar-refractivity contribution >= 4 is 11.8 Å². The van der Waals surface area contributed by atoms with Crippen LogP contribution in [0.4, 0.5) is 0 Å². The quantitative estimate of drug-likeness (QED) is 0.911. The van der Waals surface area contributed by atoms with E-state index in [9.17, 15) is 9.59 Å². The smallest absolute Gasteiger partial charge is 0.248 e. The summed E-state index contributed by atoms with van der Waals surface area (Å²) >= 11 is 0. The maximum Gasteiger partial charge on any atom is 0.248 e. The van der Waals surface area contributed by atoms with Crippen molar-refractivity contribution in [1.82, 2.24) is 10.2 Å². The fourth-order valence-electron chi connectivity index (χ4n) is 2.48. The normalized spacial score (nSPS) is 21.1. The van der Waals surface area contributed by atoms with Crippen LogP contribution in [0.5, 0.6) is 5.75 Å². The highest BCUT2D eigenvalue weighted by atomic mass is 16.5. The van der Waals surface area contributed by atoms with E-state index < -0.39 is 11.6 Å². The minimum Gasteiger partial charge on any atom is -0.497 e. The molecule has 1 aromatic rings. The third kappa shape index (κ3) is 3.17. The van der Waals surface area contributed by atoms with Crippen LogP contribution in [-0.2, 0) is 16.0 Å². The number of nitrogens with zero attached hydrogens (tertiary/aromatic N) is 1. The molecule has 21 heavy (non-hydrogen) atoms. The lowest BCUT2D eigenvalue weighted by molar-refractivity contribution is -0.152. The minimum absolute atomic E-state index is 0.0388. The van der Waals surface area contributed by atoms with Gasteiger partial charge in [0, 0.05) is 6.54 Å². The molecule has 2 amide bonds. The van der Waals surface area contributed by atoms with Crippen LogP contribution in [0.2, 0.25) is 0 Å². The van der Waals surface area contributed by atoms with Crippen molar-refractivity contribution in [1.29, 1.82) is 0 Å². The molecule has 1 fully saturated rings. The number of benzene rings is 1. The second-order valence-corrected chi connectivity index (χ2v) is 5.89. The summed E-state index contributed by atoms with van der Waals surface area (Å²) in [7, 11) is 1.63. The van der Waals surface area contributed by atoms with Gasteiger partial charge in [-0.2, -0.15) is 0 Å². The second-order valence-electron chi connectivity index (χ2n) is 5.89. The van der Waals surface area contributed by atoms with E-state index in [0.29, 0.717) is 13.0 Å². The Kier molecular flexibility index (Phi) is 4.21. The monoisotopic (exact) mass is 290 g/mol. The van der Waals surface area contributed by atoms with Crippen molar-refractivity contribution in [2.24, 2.45) is 0 Å². The van der Waals surface area contributed by atoms with E-state index in [1.54, 1.807) is 32.8 Å². The van der Waals surface area contributed by atoms with Crippen LogP contribution >= 0.6 is 0 Å². The zero-order valence-corrected chi connectivity index (χ0v) is 13.0. The molecule has 0 saturated carbocycles. The summed E-state index contributed by atoms with van der Waals surface area (Å²) in [5.41, 5.74) is 0.281. The van der Waals surface area contributed by atoms with Gasteiger partial charge in [-0.05, 0) is 44.9 Å². The van der Waals surface area contributed by atoms with Gasteiger partial charge < -0.3 is 15.0 Å². The number of carbonyl (C=O) groups is 2. The molecular weight excluding hydrogens is 268 g/mol. The van der Waals surface area contributed by atoms with Crippen molar-refractivity contribution in [2.45, 2.75) is 38.8 Å². The molecule has 5 heteroatoms. The Morgan fingerprint density at radius 2 is 1.86 bits per heavy atom. The second kappa shape index (κ2) is 5.76. The van der Waals surface area contributed by atoms with E-state index in [0.717, 1.165) is 11.3 Å². The largest absolute Gasteiger partial charge is 0.497 e. The topological polar surface area (TPSA) is 58.6 Å². The number of nitrogens with one attached hydrogen (secondary N) is 1. The van der Waals surface area contributed by atoms with E-state index in [2.05, 4.69) is 5.32 Å². The highest BCUT2D eigenvalue weighted by Gasteiger charge is 2.42. The summed E-state index contributed by atoms with van der Waals surface area (Å²) in [5.74, 6) is 0.666. The molecule has 1 atom stereocenters. The predicted octanol–water partition coefficient (Wildman–Crippen LogP) is 1.36. The molecule has 0 aliphatic carbocycles. The van der Waals surface area contributed by atoms with E-state index >= 15 is 0 Å². The third-order valence-electron chi connectivity index (χ3n) is 3.88. The van der Waals surface area contributed by atoms with E-state index in [1.807, 2.05) is 24.3 Å². The van der Waals surface area contributed by atoms with Gasteiger partial charge in [0.1, 0.15) is 17.3 Å². The SMILES string of the molecule is COc1ccc(CCN2C(=O)C(C)(C)NC(=O)C2C)cc1. The van der Waals surface area contributed by atoms with Crippen LogP contribution in [0.3, 0.4) is 0 Å². The van der Waals surface area contributed by atoms with Crippen molar-refractivity contribution in [2.75, 3.05) is 13.7 Å². The summed E-state index contributed by atoms with van der Waals surface area (Å²) < 4.78 is 5.12. The van der Waals surface area contributed by atoms with Crippen LogP contribution in [0, 0.1) is 0 Å². The van der Waals surface area contributed by atoms with Gasteiger partial charge in [0.15, 0.2) is 0 Å². The maximum atomic E-state index is 12.4. The maximum absolute atomic E-state index is 12.4. The number of amides is 2. The van der Waals surface area contributed by atoms with Gasteiger partial charge in [0.05, 0.1) is 7.11 Å². The fourth-order valence-corrected chi connectivity index (χ4v) is 2.48. The Labute approximate surface area is 125 Å². The molecule has 1 aliphatic heterocycles. The number of carbonyl (C=O) groups excluding carboxylic acids is 2. The summed E-state index contributed by atoms with van der Waals surface area (Å²) in [4.78, 5) is 26.0. The molecule has 2 rings (SSSR count). The zero-order valence-electron chi connectivity index (χ0n) is 13.0. The minimum atomic E-state index is -0.830. The first kappa shape index (κ1) is 15.4. The highest BCUT2D eigenvalue weighted by Crippen LogP contribution is 2.19. The Morgan fingerprint density at radius 3 is 2.43 bits per heavy atom. The summed E-state index contributed by atoms with van der Waals surface area (Å²) in [6, 6.07) is 7.32. The Balaban J connectivity index is 2.06. The van der Waals surface area contributed by atoms with Gasteiger partial charge in [-0.1, -0.05) is 12.1 Å². The van der Waals surface area contributed by atoms with Crippen LogP contribution in [0.1, 0.15) is 26.3 Å². The molecule has 1 aliphatic rings. The summed E-state index contributed by atoms with van der Waals surface area (Å²) in [6.07, 6.45) is 0.712. The number of hydrogen-bond acceptors (Lipinski definition) is 3. The number of piperazine rings is 1. The van der Waals surface area contributed by atoms with Gasteiger partial charge in [-0.15, -0.1) is 0 Å². The van der Waals surface area contributed by atoms with Crippen molar-refractivity contribution in [3.63, 3.8) is 0 Å². The van der Waals surface area contributed by atoms with E-state index in [4.69, 9.17) is 4.74 Å². The molecule has 1 unspecified atom stereocenters. The van der Waals surface area contributed by atoms with Crippen LogP contribution < -0.4 is 10.1 Å². The molecule has 0 bridgehead atoms. The average molecular weight is 290 g/mol. The lowest BCUT2D eigenvalue weighted by atomic mass is 9.97. The highest BCUT2D eigenvalue weighted by molar-refractivity contribution is 5.99. The van der Waals surface area contributed by atoms with E-state index in [1.165, 1.54) is 0 Å². The first-order valence-electron chi connectivity index (χ1n) is 7.11. The van der Waals surface area contributed by atoms with Crippen molar-refractivity contribution < 1.29 is 14.3 Å². The molecular formula is C16H22N2O3. The predicted molar refractivity (Wildman–Crippen MR) is 80.1 cm³/mol. The Bertz CT molecular complexity index is 537. The van der Waals surface area contributed by atoms with Crippen LogP contribution in [0.25, 0.3) is 0 Å². The van der Waals surface area contributed by atoms with Gasteiger partial charge in [0.25, 0.3) is 0 Å². The molecule has 1 N–H and O–H groups in total. The molecule has 0 spiro atoms. The standard InChI is InChI=1S/C16H22N2O3/c1-11-14(19)17-16(2,3)15(20)18(11)10-9-12-5-7-13(21-4)8-6-12/h5-8,11H,9-10H2,1-4H3,(H,17,19). The van der Waals surface area contributed by atoms with Gasteiger partial charge >= 0.3 is 0 Å². The number of hydrogen-bond donors (Lipinski definition) is 1. The molecule has 114 valence electrons.